The van der Waals surface area contributed by atoms with Crippen LogP contribution in [0.5, 0.6) is 0 Å². The summed E-state index contributed by atoms with van der Waals surface area (Å²) in [5.41, 5.74) is 7.78. The Balaban J connectivity index is 3.05. The van der Waals surface area contributed by atoms with E-state index in [1.807, 2.05) is 30.3 Å². The van der Waals surface area contributed by atoms with E-state index < -0.39 is 0 Å². The molecule has 0 radical (unpaired) electrons. The fourth-order valence-corrected chi connectivity index (χ4v) is 1.57. The summed E-state index contributed by atoms with van der Waals surface area (Å²) in [4.78, 5) is 0. The molecule has 0 saturated heterocycles. The second-order valence-corrected chi connectivity index (χ2v) is 3.21. The predicted molar refractivity (Wildman–Crippen MR) is 58.8 cm³/mol. The Bertz CT molecular complexity index is 305. The van der Waals surface area contributed by atoms with Gasteiger partial charge in [-0.3, -0.25) is 0 Å². The van der Waals surface area contributed by atoms with Gasteiger partial charge in [-0.05, 0) is 23.6 Å². The van der Waals surface area contributed by atoms with Crippen molar-refractivity contribution in [2.75, 3.05) is 6.54 Å². The molecule has 0 aliphatic rings. The van der Waals surface area contributed by atoms with Crippen LogP contribution >= 0.6 is 11.6 Å². The van der Waals surface area contributed by atoms with Crippen molar-refractivity contribution < 1.29 is 0 Å². The van der Waals surface area contributed by atoms with Crippen LogP contribution in [0.2, 0.25) is 5.02 Å². The van der Waals surface area contributed by atoms with Crippen molar-refractivity contribution in [1.29, 1.82) is 0 Å². The monoisotopic (exact) mass is 195 g/mol. The van der Waals surface area contributed by atoms with Crippen LogP contribution in [0.4, 0.5) is 0 Å². The molecule has 0 aromatic heterocycles. The summed E-state index contributed by atoms with van der Waals surface area (Å²) >= 11 is 6.05. The molecule has 1 aromatic carbocycles. The summed E-state index contributed by atoms with van der Waals surface area (Å²) in [5, 5.41) is 0.795. The van der Waals surface area contributed by atoms with Crippen molar-refractivity contribution in [1.82, 2.24) is 0 Å². The van der Waals surface area contributed by atoms with E-state index in [4.69, 9.17) is 17.3 Å². The predicted octanol–water partition coefficient (Wildman–Crippen LogP) is 3.09. The Morgan fingerprint density at radius 1 is 1.46 bits per heavy atom. The molecule has 13 heavy (non-hydrogen) atoms. The third kappa shape index (κ3) is 2.58. The maximum absolute atomic E-state index is 6.05. The number of nitrogens with two attached hydrogens (primary N) is 1. The molecule has 0 fully saturated rings. The van der Waals surface area contributed by atoms with Crippen molar-refractivity contribution in [3.05, 3.63) is 40.9 Å². The maximum atomic E-state index is 6.05. The number of allylic oxidation sites excluding steroid dienone is 1. The van der Waals surface area contributed by atoms with Crippen molar-refractivity contribution in [2.45, 2.75) is 13.3 Å². The molecule has 70 valence electrons. The first-order valence-corrected chi connectivity index (χ1v) is 4.81. The van der Waals surface area contributed by atoms with E-state index >= 15 is 0 Å². The lowest BCUT2D eigenvalue weighted by atomic mass is 10.0. The van der Waals surface area contributed by atoms with E-state index in [0.717, 1.165) is 17.0 Å². The molecule has 2 heteroatoms. The maximum Gasteiger partial charge on any atom is 0.0481 e. The van der Waals surface area contributed by atoms with Crippen LogP contribution in [-0.2, 0) is 0 Å². The van der Waals surface area contributed by atoms with Gasteiger partial charge < -0.3 is 5.73 Å². The highest BCUT2D eigenvalue weighted by Crippen LogP contribution is 2.25. The van der Waals surface area contributed by atoms with E-state index in [0.29, 0.717) is 6.54 Å². The molecule has 0 saturated carbocycles. The van der Waals surface area contributed by atoms with E-state index in [2.05, 4.69) is 6.92 Å². The van der Waals surface area contributed by atoms with Crippen LogP contribution in [0.1, 0.15) is 18.9 Å². The molecule has 0 atom stereocenters. The Morgan fingerprint density at radius 2 is 2.15 bits per heavy atom. The number of hydrogen-bond acceptors (Lipinski definition) is 1. The van der Waals surface area contributed by atoms with Crippen LogP contribution in [0.25, 0.3) is 5.57 Å². The zero-order valence-corrected chi connectivity index (χ0v) is 8.51. The largest absolute Gasteiger partial charge is 0.327 e. The minimum absolute atomic E-state index is 0.564. The van der Waals surface area contributed by atoms with Crippen molar-refractivity contribution in [2.24, 2.45) is 5.73 Å². The van der Waals surface area contributed by atoms with Crippen LogP contribution in [0.15, 0.2) is 30.3 Å². The molecule has 0 heterocycles. The van der Waals surface area contributed by atoms with Crippen molar-refractivity contribution >= 4 is 17.2 Å². The van der Waals surface area contributed by atoms with Crippen LogP contribution in [0.3, 0.4) is 0 Å². The first kappa shape index (κ1) is 10.3. The second kappa shape index (κ2) is 5.05. The van der Waals surface area contributed by atoms with Gasteiger partial charge in [0.25, 0.3) is 0 Å². The lowest BCUT2D eigenvalue weighted by molar-refractivity contribution is 1.19. The molecule has 0 amide bonds. The first-order chi connectivity index (χ1) is 6.29. The molecule has 0 aliphatic carbocycles. The summed E-state index contributed by atoms with van der Waals surface area (Å²) in [5.74, 6) is 0. The number of benzene rings is 1. The molecular formula is C11H14ClN. The summed E-state index contributed by atoms with van der Waals surface area (Å²) in [7, 11) is 0. The van der Waals surface area contributed by atoms with Crippen LogP contribution in [0, 0.1) is 0 Å². The van der Waals surface area contributed by atoms with E-state index in [1.54, 1.807) is 0 Å². The summed E-state index contributed by atoms with van der Waals surface area (Å²) in [6.45, 7) is 2.67. The fourth-order valence-electron chi connectivity index (χ4n) is 1.31. The quantitative estimate of drug-likeness (QED) is 0.788. The highest BCUT2D eigenvalue weighted by atomic mass is 35.5. The van der Waals surface area contributed by atoms with Gasteiger partial charge in [-0.15, -0.1) is 0 Å². The zero-order chi connectivity index (χ0) is 9.68. The third-order valence-corrected chi connectivity index (χ3v) is 2.29. The highest BCUT2D eigenvalue weighted by molar-refractivity contribution is 6.32. The summed E-state index contributed by atoms with van der Waals surface area (Å²) in [6, 6.07) is 7.84. The molecular weight excluding hydrogens is 182 g/mol. The molecule has 1 aromatic rings. The van der Waals surface area contributed by atoms with Gasteiger partial charge in [-0.2, -0.15) is 0 Å². The van der Waals surface area contributed by atoms with E-state index in [1.165, 1.54) is 5.57 Å². The molecule has 0 unspecified atom stereocenters. The summed E-state index contributed by atoms with van der Waals surface area (Å²) < 4.78 is 0. The lowest BCUT2D eigenvalue weighted by Crippen LogP contribution is -1.95. The minimum atomic E-state index is 0.564. The molecule has 0 bridgehead atoms. The molecule has 0 spiro atoms. The normalized spacial score (nSPS) is 11.8. The average Bonchev–Trinajstić information content (AvgIpc) is 2.16. The van der Waals surface area contributed by atoms with Crippen molar-refractivity contribution in [3.63, 3.8) is 0 Å². The van der Waals surface area contributed by atoms with Gasteiger partial charge in [0, 0.05) is 11.6 Å². The van der Waals surface area contributed by atoms with Gasteiger partial charge in [0.15, 0.2) is 0 Å². The summed E-state index contributed by atoms with van der Waals surface area (Å²) in [6.07, 6.45) is 2.97. The third-order valence-electron chi connectivity index (χ3n) is 1.96. The number of halogens is 1. The van der Waals surface area contributed by atoms with Crippen LogP contribution < -0.4 is 5.73 Å². The Hall–Kier alpha value is -0.790. The lowest BCUT2D eigenvalue weighted by Gasteiger charge is -2.06. The number of hydrogen-bond donors (Lipinski definition) is 1. The molecule has 2 N–H and O–H groups in total. The SMILES string of the molecule is CC/C(=C/CN)c1ccccc1Cl. The first-order valence-electron chi connectivity index (χ1n) is 4.43. The van der Waals surface area contributed by atoms with Gasteiger partial charge in [0.05, 0.1) is 0 Å². The molecule has 1 rings (SSSR count). The Labute approximate surface area is 84.2 Å². The molecule has 1 nitrogen and oxygen atoms in total. The Morgan fingerprint density at radius 3 is 2.69 bits per heavy atom. The van der Waals surface area contributed by atoms with Gasteiger partial charge in [-0.25, -0.2) is 0 Å². The zero-order valence-electron chi connectivity index (χ0n) is 7.76. The topological polar surface area (TPSA) is 26.0 Å². The van der Waals surface area contributed by atoms with Gasteiger partial charge >= 0.3 is 0 Å². The number of rotatable bonds is 3. The van der Waals surface area contributed by atoms with Crippen LogP contribution in [-0.4, -0.2) is 6.54 Å². The highest BCUT2D eigenvalue weighted by Gasteiger charge is 2.02. The standard InChI is InChI=1S/C11H14ClN/c1-2-9(7-8-13)10-5-3-4-6-11(10)12/h3-7H,2,8,13H2,1H3/b9-7-. The van der Waals surface area contributed by atoms with E-state index in [-0.39, 0.29) is 0 Å². The van der Waals surface area contributed by atoms with Gasteiger partial charge in [0.2, 0.25) is 0 Å². The fraction of sp³-hybridized carbons (Fsp3) is 0.273. The van der Waals surface area contributed by atoms with Gasteiger partial charge in [0.1, 0.15) is 0 Å². The smallest absolute Gasteiger partial charge is 0.0481 e. The Kier molecular flexibility index (Phi) is 4.00. The minimum Gasteiger partial charge on any atom is -0.327 e. The second-order valence-electron chi connectivity index (χ2n) is 2.80. The van der Waals surface area contributed by atoms with Gasteiger partial charge in [-0.1, -0.05) is 42.8 Å². The van der Waals surface area contributed by atoms with Crippen molar-refractivity contribution in [3.8, 4) is 0 Å². The van der Waals surface area contributed by atoms with E-state index in [9.17, 15) is 0 Å². The average molecular weight is 196 g/mol. The molecule has 0 aliphatic heterocycles.